The van der Waals surface area contributed by atoms with E-state index in [0.29, 0.717) is 5.82 Å². The van der Waals surface area contributed by atoms with E-state index in [0.717, 1.165) is 25.9 Å². The molecule has 2 aromatic rings. The zero-order valence-electron chi connectivity index (χ0n) is 11.0. The summed E-state index contributed by atoms with van der Waals surface area (Å²) in [6.45, 7) is 1.64. The van der Waals surface area contributed by atoms with Crippen LogP contribution in [0.3, 0.4) is 0 Å². The van der Waals surface area contributed by atoms with E-state index in [1.54, 1.807) is 12.5 Å². The van der Waals surface area contributed by atoms with Crippen molar-refractivity contribution in [1.82, 2.24) is 14.5 Å². The van der Waals surface area contributed by atoms with Crippen molar-refractivity contribution >= 4 is 17.5 Å². The van der Waals surface area contributed by atoms with Crippen LogP contribution in [-0.2, 0) is 6.54 Å². The molecule has 0 aromatic carbocycles. The Morgan fingerprint density at radius 2 is 2.30 bits per heavy atom. The Balaban J connectivity index is 1.76. The van der Waals surface area contributed by atoms with Crippen molar-refractivity contribution in [3.63, 3.8) is 0 Å². The molecular formula is C13H17N5O2. The Hall–Kier alpha value is -2.57. The van der Waals surface area contributed by atoms with Gasteiger partial charge in [0.15, 0.2) is 0 Å². The van der Waals surface area contributed by atoms with E-state index >= 15 is 0 Å². The van der Waals surface area contributed by atoms with E-state index in [2.05, 4.69) is 15.3 Å². The molecule has 20 heavy (non-hydrogen) atoms. The largest absolute Gasteiger partial charge is 0.478 e. The maximum Gasteiger partial charge on any atom is 0.337 e. The van der Waals surface area contributed by atoms with Gasteiger partial charge >= 0.3 is 5.97 Å². The number of nitrogens with zero attached hydrogens (tertiary/aromatic N) is 3. The Morgan fingerprint density at radius 3 is 3.00 bits per heavy atom. The number of unbranched alkanes of at least 4 members (excludes halogenated alkanes) is 1. The van der Waals surface area contributed by atoms with Gasteiger partial charge in [0.1, 0.15) is 5.82 Å². The van der Waals surface area contributed by atoms with Gasteiger partial charge in [0, 0.05) is 25.5 Å². The average molecular weight is 275 g/mol. The van der Waals surface area contributed by atoms with Crippen LogP contribution in [0.15, 0.2) is 31.0 Å². The van der Waals surface area contributed by atoms with Crippen LogP contribution in [0.2, 0.25) is 0 Å². The van der Waals surface area contributed by atoms with Crippen molar-refractivity contribution in [1.29, 1.82) is 0 Å². The molecule has 106 valence electrons. The van der Waals surface area contributed by atoms with Gasteiger partial charge in [0.05, 0.1) is 23.8 Å². The summed E-state index contributed by atoms with van der Waals surface area (Å²) in [5.74, 6) is -0.521. The molecule has 0 spiro atoms. The molecule has 0 bridgehead atoms. The third kappa shape index (κ3) is 3.71. The highest BCUT2D eigenvalue weighted by Crippen LogP contribution is 2.14. The minimum atomic E-state index is -1.05. The second kappa shape index (κ2) is 6.55. The lowest BCUT2D eigenvalue weighted by atomic mass is 10.2. The van der Waals surface area contributed by atoms with Gasteiger partial charge < -0.3 is 20.7 Å². The van der Waals surface area contributed by atoms with Crippen LogP contribution in [0.1, 0.15) is 23.2 Å². The van der Waals surface area contributed by atoms with Gasteiger partial charge in [-0.1, -0.05) is 0 Å². The standard InChI is InChI=1S/C13H17N5O2/c14-11-8-17-12(7-10(11)13(19)20)16-3-1-2-5-18-6-4-15-9-18/h4,6-9H,1-3,5,14H2,(H,16,17)(H,19,20). The van der Waals surface area contributed by atoms with Crippen molar-refractivity contribution in [3.05, 3.63) is 36.5 Å². The fraction of sp³-hybridized carbons (Fsp3) is 0.308. The molecular weight excluding hydrogens is 258 g/mol. The number of imidazole rings is 1. The molecule has 0 saturated heterocycles. The van der Waals surface area contributed by atoms with Gasteiger partial charge in [0.2, 0.25) is 0 Å². The molecule has 0 amide bonds. The normalized spacial score (nSPS) is 10.4. The Kier molecular flexibility index (Phi) is 4.54. The zero-order valence-corrected chi connectivity index (χ0v) is 11.0. The highest BCUT2D eigenvalue weighted by atomic mass is 16.4. The maximum absolute atomic E-state index is 10.9. The summed E-state index contributed by atoms with van der Waals surface area (Å²) in [5.41, 5.74) is 5.78. The fourth-order valence-electron chi connectivity index (χ4n) is 1.80. The number of aromatic nitrogens is 3. The van der Waals surface area contributed by atoms with Crippen LogP contribution in [0.5, 0.6) is 0 Å². The molecule has 0 aliphatic rings. The molecule has 2 heterocycles. The number of anilines is 2. The quantitative estimate of drug-likeness (QED) is 0.660. The van der Waals surface area contributed by atoms with Crippen molar-refractivity contribution in [3.8, 4) is 0 Å². The number of rotatable bonds is 7. The second-order valence-electron chi connectivity index (χ2n) is 4.40. The van der Waals surface area contributed by atoms with Crippen molar-refractivity contribution in [2.45, 2.75) is 19.4 Å². The molecule has 0 aliphatic heterocycles. The highest BCUT2D eigenvalue weighted by molar-refractivity contribution is 5.94. The summed E-state index contributed by atoms with van der Waals surface area (Å²) in [4.78, 5) is 19.0. The van der Waals surface area contributed by atoms with Gasteiger partial charge in [-0.15, -0.1) is 0 Å². The summed E-state index contributed by atoms with van der Waals surface area (Å²) in [6.07, 6.45) is 8.78. The highest BCUT2D eigenvalue weighted by Gasteiger charge is 2.09. The molecule has 0 aliphatic carbocycles. The number of pyridine rings is 1. The van der Waals surface area contributed by atoms with Gasteiger partial charge in [-0.05, 0) is 18.9 Å². The second-order valence-corrected chi connectivity index (χ2v) is 4.40. The molecule has 0 fully saturated rings. The van der Waals surface area contributed by atoms with Crippen molar-refractivity contribution < 1.29 is 9.90 Å². The minimum absolute atomic E-state index is 0.0703. The number of nitrogens with one attached hydrogen (secondary N) is 1. The molecule has 4 N–H and O–H groups in total. The SMILES string of the molecule is Nc1cnc(NCCCCn2ccnc2)cc1C(=O)O. The monoisotopic (exact) mass is 275 g/mol. The van der Waals surface area contributed by atoms with Crippen LogP contribution < -0.4 is 11.1 Å². The van der Waals surface area contributed by atoms with E-state index < -0.39 is 5.97 Å². The summed E-state index contributed by atoms with van der Waals surface area (Å²) in [5, 5.41) is 12.1. The first kappa shape index (κ1) is 13.9. The molecule has 0 radical (unpaired) electrons. The molecule has 7 heteroatoms. The lowest BCUT2D eigenvalue weighted by Crippen LogP contribution is -2.08. The third-order valence-electron chi connectivity index (χ3n) is 2.87. The van der Waals surface area contributed by atoms with Crippen LogP contribution in [0, 0.1) is 0 Å². The predicted molar refractivity (Wildman–Crippen MR) is 75.6 cm³/mol. The Morgan fingerprint density at radius 1 is 1.45 bits per heavy atom. The molecule has 2 aromatic heterocycles. The Bertz CT molecular complexity index is 568. The van der Waals surface area contributed by atoms with Gasteiger partial charge in [0.25, 0.3) is 0 Å². The summed E-state index contributed by atoms with van der Waals surface area (Å²) >= 11 is 0. The van der Waals surface area contributed by atoms with E-state index in [1.165, 1.54) is 12.3 Å². The lowest BCUT2D eigenvalue weighted by molar-refractivity contribution is 0.0698. The molecule has 0 unspecified atom stereocenters. The number of hydrogen-bond donors (Lipinski definition) is 3. The number of aryl methyl sites for hydroxylation is 1. The molecule has 0 atom stereocenters. The third-order valence-corrected chi connectivity index (χ3v) is 2.87. The van der Waals surface area contributed by atoms with Gasteiger partial charge in [-0.2, -0.15) is 0 Å². The van der Waals surface area contributed by atoms with Crippen molar-refractivity contribution in [2.24, 2.45) is 0 Å². The number of carboxylic acids is 1. The minimum Gasteiger partial charge on any atom is -0.478 e. The number of carboxylic acid groups (broad SMARTS) is 1. The summed E-state index contributed by atoms with van der Waals surface area (Å²) in [6, 6.07) is 1.45. The van der Waals surface area contributed by atoms with Crippen LogP contribution in [0.4, 0.5) is 11.5 Å². The van der Waals surface area contributed by atoms with Crippen LogP contribution >= 0.6 is 0 Å². The van der Waals surface area contributed by atoms with E-state index in [1.807, 2.05) is 10.8 Å². The van der Waals surface area contributed by atoms with Crippen LogP contribution in [0.25, 0.3) is 0 Å². The molecule has 0 saturated carbocycles. The van der Waals surface area contributed by atoms with E-state index in [9.17, 15) is 4.79 Å². The van der Waals surface area contributed by atoms with E-state index in [4.69, 9.17) is 10.8 Å². The molecule has 7 nitrogen and oxygen atoms in total. The fourth-order valence-corrected chi connectivity index (χ4v) is 1.80. The first-order valence-electron chi connectivity index (χ1n) is 6.35. The average Bonchev–Trinajstić information content (AvgIpc) is 2.93. The number of nitrogens with two attached hydrogens (primary N) is 1. The number of nitrogen functional groups attached to an aromatic ring is 1. The van der Waals surface area contributed by atoms with Crippen LogP contribution in [-0.4, -0.2) is 32.2 Å². The smallest absolute Gasteiger partial charge is 0.337 e. The van der Waals surface area contributed by atoms with E-state index in [-0.39, 0.29) is 11.3 Å². The summed E-state index contributed by atoms with van der Waals surface area (Å²) in [7, 11) is 0. The molecule has 2 rings (SSSR count). The maximum atomic E-state index is 10.9. The Labute approximate surface area is 116 Å². The number of hydrogen-bond acceptors (Lipinski definition) is 5. The number of carbonyl (C=O) groups is 1. The predicted octanol–water partition coefficient (Wildman–Crippen LogP) is 1.45. The topological polar surface area (TPSA) is 106 Å². The lowest BCUT2D eigenvalue weighted by Gasteiger charge is -2.08. The number of aromatic carboxylic acids is 1. The first-order valence-corrected chi connectivity index (χ1v) is 6.35. The van der Waals surface area contributed by atoms with Gasteiger partial charge in [-0.25, -0.2) is 14.8 Å². The zero-order chi connectivity index (χ0) is 14.4. The van der Waals surface area contributed by atoms with Gasteiger partial charge in [-0.3, -0.25) is 0 Å². The first-order chi connectivity index (χ1) is 9.66. The van der Waals surface area contributed by atoms with Crippen molar-refractivity contribution in [2.75, 3.05) is 17.6 Å². The summed E-state index contributed by atoms with van der Waals surface area (Å²) < 4.78 is 2.02.